The Balaban J connectivity index is 1.49. The number of rotatable bonds is 2. The second-order valence-corrected chi connectivity index (χ2v) is 9.03. The van der Waals surface area contributed by atoms with E-state index in [1.54, 1.807) is 4.90 Å². The predicted octanol–water partition coefficient (Wildman–Crippen LogP) is 2.77. The molecular weight excluding hydrogens is 392 g/mol. The molecule has 2 aliphatic carbocycles. The van der Waals surface area contributed by atoms with Gasteiger partial charge in [0.05, 0.1) is 5.92 Å². The van der Waals surface area contributed by atoms with Gasteiger partial charge in [0.25, 0.3) is 5.91 Å². The summed E-state index contributed by atoms with van der Waals surface area (Å²) in [5.74, 6) is -0.190. The highest BCUT2D eigenvalue weighted by Crippen LogP contribution is 2.31. The van der Waals surface area contributed by atoms with Crippen molar-refractivity contribution in [2.45, 2.75) is 63.5 Å². The maximum Gasteiger partial charge on any atom is 0.317 e. The molecule has 4 rings (SSSR count). The molecule has 1 heterocycles. The van der Waals surface area contributed by atoms with Crippen LogP contribution in [0.5, 0.6) is 0 Å². The van der Waals surface area contributed by atoms with Gasteiger partial charge in [0.15, 0.2) is 0 Å². The molecule has 2 unspecified atom stereocenters. The molecule has 0 aromatic heterocycles. The van der Waals surface area contributed by atoms with Gasteiger partial charge in [0.2, 0.25) is 5.91 Å². The number of carbonyl (C=O) groups is 3. The highest BCUT2D eigenvalue weighted by atomic mass is 16.2. The Hall–Kier alpha value is -2.57. The largest absolute Gasteiger partial charge is 0.354 e. The molecule has 1 aromatic rings. The minimum absolute atomic E-state index is 0.00594. The van der Waals surface area contributed by atoms with Crippen LogP contribution in [0.2, 0.25) is 0 Å². The average Bonchev–Trinajstić information content (AvgIpc) is 3.47. The van der Waals surface area contributed by atoms with E-state index in [-0.39, 0.29) is 35.8 Å². The van der Waals surface area contributed by atoms with E-state index >= 15 is 0 Å². The Kier molecular flexibility index (Phi) is 7.10. The van der Waals surface area contributed by atoms with Gasteiger partial charge in [-0.05, 0) is 44.2 Å². The van der Waals surface area contributed by atoms with E-state index in [4.69, 9.17) is 0 Å². The van der Waals surface area contributed by atoms with Crippen molar-refractivity contribution in [3.63, 3.8) is 0 Å². The van der Waals surface area contributed by atoms with Gasteiger partial charge >= 0.3 is 6.03 Å². The van der Waals surface area contributed by atoms with Crippen LogP contribution in [-0.2, 0) is 4.79 Å². The minimum atomic E-state index is -0.175. The van der Waals surface area contributed by atoms with E-state index in [0.717, 1.165) is 32.1 Å². The lowest BCUT2D eigenvalue weighted by Crippen LogP contribution is -2.47. The van der Waals surface area contributed by atoms with Crippen LogP contribution in [0.1, 0.15) is 61.7 Å². The molecule has 7 heteroatoms. The summed E-state index contributed by atoms with van der Waals surface area (Å²) in [6.45, 7) is 2.07. The quantitative estimate of drug-likeness (QED) is 0.763. The minimum Gasteiger partial charge on any atom is -0.354 e. The second-order valence-electron chi connectivity index (χ2n) is 9.03. The van der Waals surface area contributed by atoms with Gasteiger partial charge in [0.1, 0.15) is 0 Å². The monoisotopic (exact) mass is 426 g/mol. The Morgan fingerprint density at radius 1 is 0.903 bits per heavy atom. The van der Waals surface area contributed by atoms with Gasteiger partial charge in [-0.2, -0.15) is 0 Å². The molecule has 0 bridgehead atoms. The van der Waals surface area contributed by atoms with Crippen LogP contribution >= 0.6 is 0 Å². The van der Waals surface area contributed by atoms with Gasteiger partial charge in [-0.1, -0.05) is 37.5 Å². The maximum absolute atomic E-state index is 13.3. The van der Waals surface area contributed by atoms with Crippen molar-refractivity contribution in [3.05, 3.63) is 35.9 Å². The summed E-state index contributed by atoms with van der Waals surface area (Å²) < 4.78 is 0. The molecule has 1 aromatic carbocycles. The highest BCUT2D eigenvalue weighted by Gasteiger charge is 2.39. The zero-order valence-corrected chi connectivity index (χ0v) is 18.2. The van der Waals surface area contributed by atoms with Gasteiger partial charge in [-0.15, -0.1) is 0 Å². The molecule has 2 N–H and O–H groups in total. The highest BCUT2D eigenvalue weighted by molar-refractivity contribution is 5.95. The number of carbonyl (C=O) groups excluding carboxylic acids is 3. The normalized spacial score (nSPS) is 25.5. The van der Waals surface area contributed by atoms with E-state index < -0.39 is 0 Å². The fourth-order valence-electron chi connectivity index (χ4n) is 5.31. The van der Waals surface area contributed by atoms with Crippen LogP contribution in [0.25, 0.3) is 0 Å². The molecule has 1 saturated heterocycles. The van der Waals surface area contributed by atoms with Gasteiger partial charge in [-0.3, -0.25) is 9.59 Å². The van der Waals surface area contributed by atoms with Crippen molar-refractivity contribution in [2.75, 3.05) is 26.2 Å². The Bertz CT molecular complexity index is 778. The van der Waals surface area contributed by atoms with E-state index in [1.165, 1.54) is 12.8 Å². The topological polar surface area (TPSA) is 81.8 Å². The standard InChI is InChI=1S/C24H34N4O3/c29-22-20-12-6-13-21(20)28(23(30)18-8-2-1-3-9-18)16-7-15-27(17-14-25-22)24(31)26-19-10-4-5-11-19/h1-3,8-9,19-21H,4-7,10-17H2,(H,25,29)(H,26,31). The second kappa shape index (κ2) is 10.2. The van der Waals surface area contributed by atoms with Crippen LogP contribution < -0.4 is 10.6 Å². The third kappa shape index (κ3) is 5.20. The zero-order valence-electron chi connectivity index (χ0n) is 18.2. The molecule has 168 valence electrons. The fourth-order valence-corrected chi connectivity index (χ4v) is 5.31. The van der Waals surface area contributed by atoms with Crippen molar-refractivity contribution in [1.29, 1.82) is 0 Å². The number of urea groups is 1. The van der Waals surface area contributed by atoms with Crippen molar-refractivity contribution in [1.82, 2.24) is 20.4 Å². The molecule has 3 aliphatic rings. The van der Waals surface area contributed by atoms with Crippen LogP contribution in [0.15, 0.2) is 30.3 Å². The lowest BCUT2D eigenvalue weighted by molar-refractivity contribution is -0.126. The maximum atomic E-state index is 13.3. The molecule has 3 fully saturated rings. The van der Waals surface area contributed by atoms with Crippen molar-refractivity contribution in [2.24, 2.45) is 5.92 Å². The Morgan fingerprint density at radius 3 is 2.45 bits per heavy atom. The van der Waals surface area contributed by atoms with Crippen LogP contribution in [0.3, 0.4) is 0 Å². The van der Waals surface area contributed by atoms with Crippen molar-refractivity contribution >= 4 is 17.8 Å². The summed E-state index contributed by atoms with van der Waals surface area (Å²) in [5, 5.41) is 6.18. The van der Waals surface area contributed by atoms with E-state index in [9.17, 15) is 14.4 Å². The number of hydrogen-bond donors (Lipinski definition) is 2. The molecule has 2 saturated carbocycles. The number of fused-ring (bicyclic) bond motifs is 1. The lowest BCUT2D eigenvalue weighted by atomic mass is 9.99. The molecule has 31 heavy (non-hydrogen) atoms. The average molecular weight is 427 g/mol. The summed E-state index contributed by atoms with van der Waals surface area (Å²) in [6, 6.07) is 9.43. The fraction of sp³-hybridized carbons (Fsp3) is 0.625. The first-order chi connectivity index (χ1) is 15.1. The van der Waals surface area contributed by atoms with Crippen LogP contribution in [-0.4, -0.2) is 65.9 Å². The number of nitrogens with zero attached hydrogens (tertiary/aromatic N) is 2. The van der Waals surface area contributed by atoms with E-state index in [0.29, 0.717) is 38.2 Å². The molecule has 1 aliphatic heterocycles. The number of nitrogens with one attached hydrogen (secondary N) is 2. The van der Waals surface area contributed by atoms with Crippen LogP contribution in [0, 0.1) is 5.92 Å². The molecule has 7 nitrogen and oxygen atoms in total. The predicted molar refractivity (Wildman–Crippen MR) is 119 cm³/mol. The lowest BCUT2D eigenvalue weighted by Gasteiger charge is -2.33. The Morgan fingerprint density at radius 2 is 1.68 bits per heavy atom. The zero-order chi connectivity index (χ0) is 21.6. The number of hydrogen-bond acceptors (Lipinski definition) is 3. The van der Waals surface area contributed by atoms with Crippen molar-refractivity contribution < 1.29 is 14.4 Å². The molecule has 0 radical (unpaired) electrons. The third-order valence-electron chi connectivity index (χ3n) is 6.98. The molecule has 4 amide bonds. The van der Waals surface area contributed by atoms with Gasteiger partial charge < -0.3 is 20.4 Å². The molecule has 2 atom stereocenters. The summed E-state index contributed by atoms with van der Waals surface area (Å²) in [4.78, 5) is 42.8. The van der Waals surface area contributed by atoms with Gasteiger partial charge in [-0.25, -0.2) is 4.79 Å². The number of amides is 4. The summed E-state index contributed by atoms with van der Waals surface area (Å²) in [5.41, 5.74) is 0.652. The van der Waals surface area contributed by atoms with Gasteiger partial charge in [0, 0.05) is 43.8 Å². The first kappa shape index (κ1) is 21.7. The van der Waals surface area contributed by atoms with Crippen molar-refractivity contribution in [3.8, 4) is 0 Å². The SMILES string of the molecule is O=C1NCCN(C(=O)NC2CCCC2)CCCN(C(=O)c2ccccc2)C2CCCC12. The van der Waals surface area contributed by atoms with E-state index in [1.807, 2.05) is 35.2 Å². The first-order valence-electron chi connectivity index (χ1n) is 11.8. The smallest absolute Gasteiger partial charge is 0.317 e. The summed E-state index contributed by atoms with van der Waals surface area (Å²) in [7, 11) is 0. The molecular formula is C24H34N4O3. The Labute approximate surface area is 184 Å². The summed E-state index contributed by atoms with van der Waals surface area (Å²) >= 11 is 0. The molecule has 0 spiro atoms. The number of benzene rings is 1. The summed E-state index contributed by atoms with van der Waals surface area (Å²) in [6.07, 6.45) is 7.73. The first-order valence-corrected chi connectivity index (χ1v) is 11.8. The van der Waals surface area contributed by atoms with Crippen LogP contribution in [0.4, 0.5) is 4.79 Å². The third-order valence-corrected chi connectivity index (χ3v) is 6.98. The van der Waals surface area contributed by atoms with E-state index in [2.05, 4.69) is 10.6 Å².